The predicted octanol–water partition coefficient (Wildman–Crippen LogP) is 1.62. The van der Waals surface area contributed by atoms with Gasteiger partial charge in [-0.05, 0) is 20.8 Å². The second kappa shape index (κ2) is 8.01. The molecule has 1 rings (SSSR count). The summed E-state index contributed by atoms with van der Waals surface area (Å²) in [5.41, 5.74) is 1.04. The van der Waals surface area contributed by atoms with E-state index in [1.807, 2.05) is 20.9 Å². The Morgan fingerprint density at radius 1 is 1.20 bits per heavy atom. The molecule has 0 aliphatic rings. The van der Waals surface area contributed by atoms with E-state index in [2.05, 4.69) is 27.1 Å². The van der Waals surface area contributed by atoms with E-state index in [0.717, 1.165) is 29.6 Å². The number of nitrogens with zero attached hydrogens (tertiary/aromatic N) is 3. The molecule has 0 aliphatic carbocycles. The molecule has 0 saturated heterocycles. The molecular formula is C14H26N4O2. The molecule has 1 N–H and O–H groups in total. The summed E-state index contributed by atoms with van der Waals surface area (Å²) >= 11 is 0. The number of methoxy groups -OCH3 is 2. The number of hydrogen-bond acceptors (Lipinski definition) is 6. The smallest absolute Gasteiger partial charge is 0.137 e. The van der Waals surface area contributed by atoms with E-state index in [1.54, 1.807) is 14.2 Å². The number of aryl methyl sites for hydroxylation is 1. The third kappa shape index (κ3) is 4.05. The Balaban J connectivity index is 3.14. The van der Waals surface area contributed by atoms with Gasteiger partial charge >= 0.3 is 0 Å². The Bertz CT molecular complexity index is 426. The van der Waals surface area contributed by atoms with Crippen molar-refractivity contribution in [1.82, 2.24) is 9.97 Å². The Hall–Kier alpha value is -1.40. The molecule has 0 aromatic carbocycles. The van der Waals surface area contributed by atoms with Crippen molar-refractivity contribution in [1.29, 1.82) is 0 Å². The Kier molecular flexibility index (Phi) is 6.67. The molecule has 1 atom stereocenters. The summed E-state index contributed by atoms with van der Waals surface area (Å²) in [7, 11) is 5.29. The maximum Gasteiger partial charge on any atom is 0.137 e. The zero-order chi connectivity index (χ0) is 15.1. The summed E-state index contributed by atoms with van der Waals surface area (Å²) in [4.78, 5) is 11.2. The third-order valence-electron chi connectivity index (χ3n) is 3.22. The maximum atomic E-state index is 5.27. The van der Waals surface area contributed by atoms with Crippen LogP contribution in [0.2, 0.25) is 0 Å². The summed E-state index contributed by atoms with van der Waals surface area (Å²) in [5, 5.41) is 3.12. The Labute approximate surface area is 121 Å². The number of ether oxygens (including phenoxy) is 2. The SMILES string of the molecule is CNc1nc(C)nc(N(CCOC)C(C)COC)c1C. The van der Waals surface area contributed by atoms with Gasteiger partial charge < -0.3 is 19.7 Å². The van der Waals surface area contributed by atoms with Crippen molar-refractivity contribution in [3.05, 3.63) is 11.4 Å². The lowest BCUT2D eigenvalue weighted by Crippen LogP contribution is -2.40. The van der Waals surface area contributed by atoms with Gasteiger partial charge in [-0.25, -0.2) is 9.97 Å². The largest absolute Gasteiger partial charge is 0.383 e. The van der Waals surface area contributed by atoms with Crippen LogP contribution in [0.5, 0.6) is 0 Å². The normalized spacial score (nSPS) is 12.3. The highest BCUT2D eigenvalue weighted by Gasteiger charge is 2.20. The van der Waals surface area contributed by atoms with Gasteiger partial charge in [-0.1, -0.05) is 0 Å². The van der Waals surface area contributed by atoms with Crippen LogP contribution in [0.25, 0.3) is 0 Å². The first kappa shape index (κ1) is 16.7. The molecule has 0 spiro atoms. The number of rotatable bonds is 8. The first-order chi connectivity index (χ1) is 9.54. The fraction of sp³-hybridized carbons (Fsp3) is 0.714. The van der Waals surface area contributed by atoms with Crippen LogP contribution >= 0.6 is 0 Å². The molecule has 20 heavy (non-hydrogen) atoms. The van der Waals surface area contributed by atoms with Crippen LogP contribution in [-0.4, -0.2) is 57.0 Å². The van der Waals surface area contributed by atoms with Crippen LogP contribution in [0.1, 0.15) is 18.3 Å². The summed E-state index contributed by atoms with van der Waals surface area (Å²) < 4.78 is 10.5. The van der Waals surface area contributed by atoms with Gasteiger partial charge in [0, 0.05) is 33.4 Å². The first-order valence-electron chi connectivity index (χ1n) is 6.82. The van der Waals surface area contributed by atoms with Crippen LogP contribution < -0.4 is 10.2 Å². The molecule has 0 amide bonds. The fourth-order valence-electron chi connectivity index (χ4n) is 2.19. The Morgan fingerprint density at radius 3 is 2.45 bits per heavy atom. The van der Waals surface area contributed by atoms with E-state index in [4.69, 9.17) is 9.47 Å². The van der Waals surface area contributed by atoms with Gasteiger partial charge in [0.1, 0.15) is 17.5 Å². The lowest BCUT2D eigenvalue weighted by Gasteiger charge is -2.31. The number of anilines is 2. The van der Waals surface area contributed by atoms with Crippen molar-refractivity contribution in [2.45, 2.75) is 26.8 Å². The molecule has 0 radical (unpaired) electrons. The highest BCUT2D eigenvalue weighted by molar-refractivity contribution is 5.58. The monoisotopic (exact) mass is 282 g/mol. The molecule has 1 aromatic heterocycles. The number of aromatic nitrogens is 2. The van der Waals surface area contributed by atoms with Gasteiger partial charge in [0.05, 0.1) is 19.3 Å². The van der Waals surface area contributed by atoms with E-state index < -0.39 is 0 Å². The average molecular weight is 282 g/mol. The van der Waals surface area contributed by atoms with Gasteiger partial charge in [0.2, 0.25) is 0 Å². The van der Waals surface area contributed by atoms with E-state index in [-0.39, 0.29) is 6.04 Å². The van der Waals surface area contributed by atoms with Crippen molar-refractivity contribution < 1.29 is 9.47 Å². The molecule has 1 heterocycles. The zero-order valence-corrected chi connectivity index (χ0v) is 13.4. The Morgan fingerprint density at radius 2 is 1.90 bits per heavy atom. The van der Waals surface area contributed by atoms with E-state index >= 15 is 0 Å². The molecule has 6 heteroatoms. The summed E-state index contributed by atoms with van der Waals surface area (Å²) in [6.07, 6.45) is 0. The van der Waals surface area contributed by atoms with Crippen molar-refractivity contribution in [2.75, 3.05) is 51.2 Å². The molecule has 0 aliphatic heterocycles. The van der Waals surface area contributed by atoms with Crippen molar-refractivity contribution >= 4 is 11.6 Å². The van der Waals surface area contributed by atoms with E-state index in [0.29, 0.717) is 13.2 Å². The van der Waals surface area contributed by atoms with Crippen LogP contribution in [0, 0.1) is 13.8 Å². The molecule has 6 nitrogen and oxygen atoms in total. The highest BCUT2D eigenvalue weighted by Crippen LogP contribution is 2.24. The van der Waals surface area contributed by atoms with Crippen molar-refractivity contribution in [3.63, 3.8) is 0 Å². The van der Waals surface area contributed by atoms with Crippen molar-refractivity contribution in [3.8, 4) is 0 Å². The van der Waals surface area contributed by atoms with E-state index in [1.165, 1.54) is 0 Å². The van der Waals surface area contributed by atoms with E-state index in [9.17, 15) is 0 Å². The highest BCUT2D eigenvalue weighted by atomic mass is 16.5. The van der Waals surface area contributed by atoms with Gasteiger partial charge in [0.25, 0.3) is 0 Å². The van der Waals surface area contributed by atoms with Crippen LogP contribution in [0.15, 0.2) is 0 Å². The first-order valence-corrected chi connectivity index (χ1v) is 6.82. The lowest BCUT2D eigenvalue weighted by atomic mass is 10.2. The standard InChI is InChI=1S/C14H26N4O2/c1-10(9-20-6)18(7-8-19-5)14-11(2)13(15-4)16-12(3)17-14/h10H,7-9H2,1-6H3,(H,15,16,17). The van der Waals surface area contributed by atoms with Crippen molar-refractivity contribution in [2.24, 2.45) is 0 Å². The molecule has 0 fully saturated rings. The average Bonchev–Trinajstić information content (AvgIpc) is 2.42. The fourth-order valence-corrected chi connectivity index (χ4v) is 2.19. The molecule has 0 bridgehead atoms. The molecule has 1 unspecified atom stereocenters. The number of nitrogens with one attached hydrogen (secondary N) is 1. The molecule has 114 valence electrons. The summed E-state index contributed by atoms with van der Waals surface area (Å²) in [5.74, 6) is 2.55. The van der Waals surface area contributed by atoms with Gasteiger partial charge in [-0.2, -0.15) is 0 Å². The number of hydrogen-bond donors (Lipinski definition) is 1. The summed E-state index contributed by atoms with van der Waals surface area (Å²) in [6.45, 7) is 8.10. The zero-order valence-electron chi connectivity index (χ0n) is 13.4. The minimum atomic E-state index is 0.216. The minimum absolute atomic E-state index is 0.216. The maximum absolute atomic E-state index is 5.27. The summed E-state index contributed by atoms with van der Waals surface area (Å²) in [6, 6.07) is 0.216. The third-order valence-corrected chi connectivity index (χ3v) is 3.22. The second-order valence-corrected chi connectivity index (χ2v) is 4.81. The molecule has 0 saturated carbocycles. The second-order valence-electron chi connectivity index (χ2n) is 4.81. The lowest BCUT2D eigenvalue weighted by molar-refractivity contribution is 0.170. The van der Waals surface area contributed by atoms with Crippen LogP contribution in [0.3, 0.4) is 0 Å². The predicted molar refractivity (Wildman–Crippen MR) is 81.6 cm³/mol. The van der Waals surface area contributed by atoms with Gasteiger partial charge in [-0.15, -0.1) is 0 Å². The van der Waals surface area contributed by atoms with Gasteiger partial charge in [0.15, 0.2) is 0 Å². The van der Waals surface area contributed by atoms with Crippen LogP contribution in [0.4, 0.5) is 11.6 Å². The van der Waals surface area contributed by atoms with Crippen LogP contribution in [-0.2, 0) is 9.47 Å². The minimum Gasteiger partial charge on any atom is -0.383 e. The topological polar surface area (TPSA) is 59.5 Å². The molecule has 1 aromatic rings. The molecular weight excluding hydrogens is 256 g/mol. The van der Waals surface area contributed by atoms with Gasteiger partial charge in [-0.3, -0.25) is 0 Å². The quantitative estimate of drug-likeness (QED) is 0.782.